The van der Waals surface area contributed by atoms with Crippen molar-refractivity contribution in [3.8, 4) is 0 Å². The van der Waals surface area contributed by atoms with Gasteiger partial charge in [0.2, 0.25) is 11.1 Å². The van der Waals surface area contributed by atoms with Gasteiger partial charge in [-0.3, -0.25) is 0 Å². The molecule has 15 heavy (non-hydrogen) atoms. The van der Waals surface area contributed by atoms with E-state index < -0.39 is 0 Å². The fourth-order valence-corrected chi connectivity index (χ4v) is 1.62. The number of nitrogens with one attached hydrogen (secondary N) is 1. The van der Waals surface area contributed by atoms with Crippen molar-refractivity contribution < 1.29 is 4.39 Å². The molecular weight excluding hydrogens is 215 g/mol. The predicted molar refractivity (Wildman–Crippen MR) is 58.0 cm³/mol. The number of aromatic nitrogens is 2. The molecule has 0 saturated heterocycles. The van der Waals surface area contributed by atoms with Crippen LogP contribution in [0.15, 0.2) is 24.3 Å². The monoisotopic (exact) mass is 224 g/mol. The van der Waals surface area contributed by atoms with Crippen molar-refractivity contribution in [2.24, 2.45) is 0 Å². The van der Waals surface area contributed by atoms with Crippen molar-refractivity contribution in [1.82, 2.24) is 9.36 Å². The van der Waals surface area contributed by atoms with E-state index in [9.17, 15) is 4.39 Å². The molecule has 0 atom stereocenters. The van der Waals surface area contributed by atoms with Gasteiger partial charge in [-0.25, -0.2) is 4.39 Å². The zero-order valence-electron chi connectivity index (χ0n) is 7.77. The molecule has 1 aromatic carbocycles. The van der Waals surface area contributed by atoms with Crippen LogP contribution < -0.4 is 11.1 Å². The number of nitrogens with two attached hydrogens (primary N) is 1. The normalized spacial score (nSPS) is 10.2. The molecule has 0 radical (unpaired) electrons. The first kappa shape index (κ1) is 9.85. The lowest BCUT2D eigenvalue weighted by atomic mass is 10.2. The minimum atomic E-state index is -0.244. The maximum absolute atomic E-state index is 12.8. The van der Waals surface area contributed by atoms with Gasteiger partial charge in [0, 0.05) is 18.1 Å². The summed E-state index contributed by atoms with van der Waals surface area (Å²) in [5, 5.41) is 3.64. The number of hydrogen-bond acceptors (Lipinski definition) is 5. The third-order valence-electron chi connectivity index (χ3n) is 1.77. The second-order valence-electron chi connectivity index (χ2n) is 2.94. The van der Waals surface area contributed by atoms with E-state index in [2.05, 4.69) is 14.7 Å². The van der Waals surface area contributed by atoms with Crippen molar-refractivity contribution in [2.75, 3.05) is 11.1 Å². The molecule has 6 heteroatoms. The molecule has 3 N–H and O–H groups in total. The fraction of sp³-hybridized carbons (Fsp3) is 0.111. The van der Waals surface area contributed by atoms with Crippen LogP contribution in [0.1, 0.15) is 5.56 Å². The number of benzene rings is 1. The maximum atomic E-state index is 12.8. The van der Waals surface area contributed by atoms with Gasteiger partial charge in [-0.2, -0.15) is 9.36 Å². The number of rotatable bonds is 3. The Balaban J connectivity index is 1.99. The molecule has 0 fully saturated rings. The Morgan fingerprint density at radius 2 is 2.33 bits per heavy atom. The molecule has 0 unspecified atom stereocenters. The van der Waals surface area contributed by atoms with Crippen LogP contribution in [-0.2, 0) is 6.54 Å². The van der Waals surface area contributed by atoms with Crippen molar-refractivity contribution in [1.29, 1.82) is 0 Å². The highest BCUT2D eigenvalue weighted by Crippen LogP contribution is 2.13. The lowest BCUT2D eigenvalue weighted by Gasteiger charge is -2.01. The molecule has 0 amide bonds. The van der Waals surface area contributed by atoms with Crippen LogP contribution in [0.4, 0.5) is 15.5 Å². The summed E-state index contributed by atoms with van der Waals surface area (Å²) in [5.41, 5.74) is 6.21. The highest BCUT2D eigenvalue weighted by molar-refractivity contribution is 7.09. The van der Waals surface area contributed by atoms with Crippen molar-refractivity contribution in [3.63, 3.8) is 0 Å². The molecular formula is C9H9FN4S. The summed E-state index contributed by atoms with van der Waals surface area (Å²) in [6, 6.07) is 6.38. The van der Waals surface area contributed by atoms with Gasteiger partial charge in [0.25, 0.3) is 0 Å². The largest absolute Gasteiger partial charge is 0.367 e. The maximum Gasteiger partial charge on any atom is 0.233 e. The minimum absolute atomic E-state index is 0.244. The van der Waals surface area contributed by atoms with E-state index >= 15 is 0 Å². The minimum Gasteiger partial charge on any atom is -0.367 e. The second-order valence-corrected chi connectivity index (χ2v) is 3.69. The first-order valence-electron chi connectivity index (χ1n) is 4.31. The van der Waals surface area contributed by atoms with Gasteiger partial charge in [-0.1, -0.05) is 12.1 Å². The third-order valence-corrected chi connectivity index (χ3v) is 2.46. The van der Waals surface area contributed by atoms with Crippen LogP contribution in [-0.4, -0.2) is 9.36 Å². The standard InChI is InChI=1S/C9H9FN4S/c10-7-3-1-2-6(4-7)5-12-9-13-8(11)14-15-9/h1-4H,5H2,(H3,11,12,13,14). The van der Waals surface area contributed by atoms with Crippen LogP contribution >= 0.6 is 11.5 Å². The molecule has 1 heterocycles. The predicted octanol–water partition coefficient (Wildman–Crippen LogP) is 1.87. The third kappa shape index (κ3) is 2.63. The Morgan fingerprint density at radius 1 is 1.47 bits per heavy atom. The van der Waals surface area contributed by atoms with Gasteiger partial charge in [-0.15, -0.1) is 0 Å². The molecule has 1 aromatic heterocycles. The van der Waals surface area contributed by atoms with Gasteiger partial charge in [0.15, 0.2) is 0 Å². The first-order chi connectivity index (χ1) is 7.24. The summed E-state index contributed by atoms with van der Waals surface area (Å²) in [6.45, 7) is 0.506. The summed E-state index contributed by atoms with van der Waals surface area (Å²) >= 11 is 1.18. The Kier molecular flexibility index (Phi) is 2.77. The average Bonchev–Trinajstić information content (AvgIpc) is 2.62. The van der Waals surface area contributed by atoms with Crippen LogP contribution in [0.2, 0.25) is 0 Å². The smallest absolute Gasteiger partial charge is 0.233 e. The van der Waals surface area contributed by atoms with Crippen LogP contribution in [0.25, 0.3) is 0 Å². The van der Waals surface area contributed by atoms with E-state index in [1.807, 2.05) is 6.07 Å². The number of halogens is 1. The van der Waals surface area contributed by atoms with Gasteiger partial charge >= 0.3 is 0 Å². The van der Waals surface area contributed by atoms with Crippen molar-refractivity contribution in [2.45, 2.75) is 6.54 Å². The van der Waals surface area contributed by atoms with E-state index in [4.69, 9.17) is 5.73 Å². The van der Waals surface area contributed by atoms with Gasteiger partial charge in [0.1, 0.15) is 5.82 Å². The summed E-state index contributed by atoms with van der Waals surface area (Å²) in [6.07, 6.45) is 0. The van der Waals surface area contributed by atoms with Gasteiger partial charge in [0.05, 0.1) is 0 Å². The lowest BCUT2D eigenvalue weighted by molar-refractivity contribution is 0.626. The van der Waals surface area contributed by atoms with E-state index in [0.717, 1.165) is 5.56 Å². The molecule has 78 valence electrons. The van der Waals surface area contributed by atoms with E-state index in [-0.39, 0.29) is 11.8 Å². The number of nitrogens with zero attached hydrogens (tertiary/aromatic N) is 2. The Morgan fingerprint density at radius 3 is 3.00 bits per heavy atom. The SMILES string of the molecule is Nc1nsc(NCc2cccc(F)c2)n1. The molecule has 0 aliphatic carbocycles. The number of anilines is 2. The molecule has 0 saturated carbocycles. The van der Waals surface area contributed by atoms with Crippen LogP contribution in [0.5, 0.6) is 0 Å². The van der Waals surface area contributed by atoms with Gasteiger partial charge in [-0.05, 0) is 17.7 Å². The molecule has 0 aliphatic heterocycles. The van der Waals surface area contributed by atoms with Crippen LogP contribution in [0.3, 0.4) is 0 Å². The zero-order chi connectivity index (χ0) is 10.7. The lowest BCUT2D eigenvalue weighted by Crippen LogP contribution is -1.99. The van der Waals surface area contributed by atoms with Crippen LogP contribution in [0, 0.1) is 5.82 Å². The van der Waals surface area contributed by atoms with E-state index in [1.165, 1.54) is 23.7 Å². The molecule has 4 nitrogen and oxygen atoms in total. The molecule has 2 rings (SSSR count). The highest BCUT2D eigenvalue weighted by atomic mass is 32.1. The molecule has 2 aromatic rings. The topological polar surface area (TPSA) is 63.8 Å². The molecule has 0 bridgehead atoms. The fourth-order valence-electron chi connectivity index (χ4n) is 1.13. The Labute approximate surface area is 90.1 Å². The quantitative estimate of drug-likeness (QED) is 0.835. The molecule has 0 spiro atoms. The average molecular weight is 224 g/mol. The van der Waals surface area contributed by atoms with E-state index in [1.54, 1.807) is 6.07 Å². The summed E-state index contributed by atoms with van der Waals surface area (Å²) in [7, 11) is 0. The second kappa shape index (κ2) is 4.22. The summed E-state index contributed by atoms with van der Waals surface area (Å²) < 4.78 is 16.6. The molecule has 0 aliphatic rings. The van der Waals surface area contributed by atoms with Crippen molar-refractivity contribution >= 4 is 22.6 Å². The summed E-state index contributed by atoms with van der Waals surface area (Å²) in [4.78, 5) is 3.93. The van der Waals surface area contributed by atoms with E-state index in [0.29, 0.717) is 11.7 Å². The number of nitrogen functional groups attached to an aromatic ring is 1. The summed E-state index contributed by atoms with van der Waals surface area (Å²) in [5.74, 6) is 0.00724. The highest BCUT2D eigenvalue weighted by Gasteiger charge is 2.00. The Hall–Kier alpha value is -1.69. The number of hydrogen-bond donors (Lipinski definition) is 2. The first-order valence-corrected chi connectivity index (χ1v) is 5.09. The Bertz CT molecular complexity index is 457. The zero-order valence-corrected chi connectivity index (χ0v) is 8.59. The van der Waals surface area contributed by atoms with Crippen molar-refractivity contribution in [3.05, 3.63) is 35.6 Å². The van der Waals surface area contributed by atoms with Gasteiger partial charge < -0.3 is 11.1 Å².